The Balaban J connectivity index is 1.84. The monoisotopic (exact) mass is 342 g/mol. The molecule has 0 aliphatic carbocycles. The van der Waals surface area contributed by atoms with Crippen LogP contribution in [0.5, 0.6) is 0 Å². The molecule has 2 fully saturated rings. The van der Waals surface area contributed by atoms with E-state index in [1.807, 2.05) is 0 Å². The van der Waals surface area contributed by atoms with Gasteiger partial charge in [-0.1, -0.05) is 17.7 Å². The zero-order chi connectivity index (χ0) is 15.3. The maximum absolute atomic E-state index is 13.1. The van der Waals surface area contributed by atoms with Gasteiger partial charge in [0.1, 0.15) is 5.65 Å². The van der Waals surface area contributed by atoms with E-state index in [9.17, 15) is 8.42 Å². The number of hydrogen-bond donors (Lipinski definition) is 1. The van der Waals surface area contributed by atoms with Crippen LogP contribution in [0.1, 0.15) is 0 Å². The van der Waals surface area contributed by atoms with Gasteiger partial charge in [-0.15, -0.1) is 0 Å². The van der Waals surface area contributed by atoms with E-state index in [2.05, 4.69) is 10.3 Å². The molecule has 2 aromatic rings. The Morgan fingerprint density at radius 3 is 3.09 bits per heavy atom. The van der Waals surface area contributed by atoms with Crippen LogP contribution in [0.15, 0.2) is 29.4 Å². The minimum Gasteiger partial charge on any atom is -0.374 e. The van der Waals surface area contributed by atoms with Crippen LogP contribution in [0.25, 0.3) is 5.65 Å². The molecule has 4 rings (SSSR count). The van der Waals surface area contributed by atoms with Gasteiger partial charge in [0.25, 0.3) is 10.0 Å². The van der Waals surface area contributed by atoms with Crippen molar-refractivity contribution in [3.05, 3.63) is 29.5 Å². The Bertz CT molecular complexity index is 822. The van der Waals surface area contributed by atoms with Gasteiger partial charge >= 0.3 is 0 Å². The summed E-state index contributed by atoms with van der Waals surface area (Å²) in [7, 11) is -3.75. The average molecular weight is 343 g/mol. The summed E-state index contributed by atoms with van der Waals surface area (Å²) in [4.78, 5) is 4.14. The molecule has 4 heterocycles. The van der Waals surface area contributed by atoms with E-state index >= 15 is 0 Å². The number of sulfonamides is 1. The lowest BCUT2D eigenvalue weighted by atomic mass is 10.2. The Morgan fingerprint density at radius 2 is 2.23 bits per heavy atom. The summed E-state index contributed by atoms with van der Waals surface area (Å²) in [6.45, 7) is 1.95. The molecule has 0 radical (unpaired) electrons. The number of rotatable bonds is 2. The van der Waals surface area contributed by atoms with Gasteiger partial charge in [-0.3, -0.25) is 4.40 Å². The number of morpholine rings is 1. The van der Waals surface area contributed by atoms with Gasteiger partial charge in [-0.05, 0) is 12.1 Å². The normalized spacial score (nSPS) is 26.4. The lowest BCUT2D eigenvalue weighted by Crippen LogP contribution is -2.53. The third kappa shape index (κ3) is 2.06. The van der Waals surface area contributed by atoms with Crippen molar-refractivity contribution in [1.29, 1.82) is 0 Å². The highest BCUT2D eigenvalue weighted by molar-refractivity contribution is 7.89. The first-order chi connectivity index (χ1) is 10.6. The Labute approximate surface area is 132 Å². The number of halogens is 1. The molecule has 2 atom stereocenters. The van der Waals surface area contributed by atoms with Crippen LogP contribution in [-0.2, 0) is 14.8 Å². The molecule has 118 valence electrons. The number of hydrogen-bond acceptors (Lipinski definition) is 5. The summed E-state index contributed by atoms with van der Waals surface area (Å²) in [6, 6.07) is 5.07. The third-order valence-electron chi connectivity index (χ3n) is 4.14. The van der Waals surface area contributed by atoms with Crippen LogP contribution in [0.2, 0.25) is 5.15 Å². The minimum atomic E-state index is -3.75. The molecule has 0 unspecified atom stereocenters. The van der Waals surface area contributed by atoms with Gasteiger partial charge in [0, 0.05) is 25.8 Å². The van der Waals surface area contributed by atoms with Gasteiger partial charge in [0.05, 0.1) is 18.8 Å². The summed E-state index contributed by atoms with van der Waals surface area (Å²) in [5.74, 6) is 0. The lowest BCUT2D eigenvalue weighted by Gasteiger charge is -2.35. The highest BCUT2D eigenvalue weighted by Crippen LogP contribution is 2.30. The SMILES string of the molecule is O=S(=O)(c1c(Cl)nc2ccccn12)N1CCO[C@H]2CNC[C@H]21. The van der Waals surface area contributed by atoms with Crippen molar-refractivity contribution < 1.29 is 13.2 Å². The lowest BCUT2D eigenvalue weighted by molar-refractivity contribution is -0.0150. The van der Waals surface area contributed by atoms with Crippen molar-refractivity contribution in [2.75, 3.05) is 26.2 Å². The van der Waals surface area contributed by atoms with Crippen molar-refractivity contribution in [3.63, 3.8) is 0 Å². The molecule has 2 aliphatic rings. The van der Waals surface area contributed by atoms with Crippen molar-refractivity contribution in [1.82, 2.24) is 19.0 Å². The van der Waals surface area contributed by atoms with Crippen molar-refractivity contribution in [3.8, 4) is 0 Å². The summed E-state index contributed by atoms with van der Waals surface area (Å²) in [5.41, 5.74) is 0.514. The number of nitrogens with zero attached hydrogens (tertiary/aromatic N) is 3. The van der Waals surface area contributed by atoms with Gasteiger partial charge in [0.2, 0.25) is 0 Å². The second-order valence-corrected chi connectivity index (χ2v) is 7.55. The maximum atomic E-state index is 13.1. The maximum Gasteiger partial charge on any atom is 0.262 e. The Hall–Kier alpha value is -1.19. The van der Waals surface area contributed by atoms with Crippen LogP contribution in [0.3, 0.4) is 0 Å². The molecular formula is C13H15ClN4O3S. The quantitative estimate of drug-likeness (QED) is 0.852. The number of ether oxygens (including phenoxy) is 1. The first kappa shape index (κ1) is 14.4. The van der Waals surface area contributed by atoms with E-state index in [0.717, 1.165) is 0 Å². The van der Waals surface area contributed by atoms with Crippen molar-refractivity contribution in [2.45, 2.75) is 17.2 Å². The van der Waals surface area contributed by atoms with Gasteiger partial charge in [-0.25, -0.2) is 13.4 Å². The van der Waals surface area contributed by atoms with E-state index in [1.54, 1.807) is 24.4 Å². The van der Waals surface area contributed by atoms with Crippen LogP contribution >= 0.6 is 11.6 Å². The number of pyridine rings is 1. The molecule has 2 aromatic heterocycles. The third-order valence-corrected chi connectivity index (χ3v) is 6.47. The molecule has 0 amide bonds. The summed E-state index contributed by atoms with van der Waals surface area (Å²) >= 11 is 6.13. The standard InChI is InChI=1S/C13H15ClN4O3S/c14-12-13(17-4-2-1-3-11(17)16-12)22(19,20)18-5-6-21-10-8-15-7-9(10)18/h1-4,9-10,15H,5-8H2/t9-,10+/m1/s1. The number of nitrogens with one attached hydrogen (secondary N) is 1. The summed E-state index contributed by atoms with van der Waals surface area (Å²) in [5, 5.41) is 3.20. The van der Waals surface area contributed by atoms with E-state index in [0.29, 0.717) is 31.9 Å². The zero-order valence-electron chi connectivity index (χ0n) is 11.6. The predicted molar refractivity (Wildman–Crippen MR) is 80.5 cm³/mol. The largest absolute Gasteiger partial charge is 0.374 e. The number of fused-ring (bicyclic) bond motifs is 2. The first-order valence-corrected chi connectivity index (χ1v) is 8.87. The van der Waals surface area contributed by atoms with E-state index in [4.69, 9.17) is 16.3 Å². The summed E-state index contributed by atoms with van der Waals surface area (Å²) in [6.07, 6.45) is 1.55. The molecule has 2 saturated heterocycles. The first-order valence-electron chi connectivity index (χ1n) is 7.06. The molecule has 0 bridgehead atoms. The Morgan fingerprint density at radius 1 is 1.36 bits per heavy atom. The number of aromatic nitrogens is 2. The molecule has 1 N–H and O–H groups in total. The molecule has 9 heteroatoms. The van der Waals surface area contributed by atoms with Crippen LogP contribution < -0.4 is 5.32 Å². The molecule has 2 aliphatic heterocycles. The fourth-order valence-corrected chi connectivity index (χ4v) is 5.38. The Kier molecular flexibility index (Phi) is 3.39. The number of imidazole rings is 1. The second kappa shape index (κ2) is 5.17. The van der Waals surface area contributed by atoms with Gasteiger partial charge in [0.15, 0.2) is 10.2 Å². The highest BCUT2D eigenvalue weighted by Gasteiger charge is 2.44. The topological polar surface area (TPSA) is 75.9 Å². The molecule has 22 heavy (non-hydrogen) atoms. The summed E-state index contributed by atoms with van der Waals surface area (Å²) < 4.78 is 34.9. The van der Waals surface area contributed by atoms with Gasteiger partial charge in [-0.2, -0.15) is 4.31 Å². The smallest absolute Gasteiger partial charge is 0.262 e. The zero-order valence-corrected chi connectivity index (χ0v) is 13.2. The van der Waals surface area contributed by atoms with E-state index in [-0.39, 0.29) is 22.3 Å². The highest BCUT2D eigenvalue weighted by atomic mass is 35.5. The minimum absolute atomic E-state index is 0.000183. The van der Waals surface area contributed by atoms with Crippen LogP contribution in [0.4, 0.5) is 0 Å². The van der Waals surface area contributed by atoms with E-state index < -0.39 is 10.0 Å². The van der Waals surface area contributed by atoms with Crippen LogP contribution in [-0.4, -0.2) is 60.5 Å². The second-order valence-electron chi connectivity index (χ2n) is 5.39. The fourth-order valence-electron chi connectivity index (χ4n) is 3.14. The van der Waals surface area contributed by atoms with Crippen LogP contribution in [0, 0.1) is 0 Å². The fraction of sp³-hybridized carbons (Fsp3) is 0.462. The average Bonchev–Trinajstić information content (AvgIpc) is 3.09. The molecule has 0 saturated carbocycles. The van der Waals surface area contributed by atoms with Crippen molar-refractivity contribution in [2.24, 2.45) is 0 Å². The predicted octanol–water partition coefficient (Wildman–Crippen LogP) is 0.349. The van der Waals surface area contributed by atoms with E-state index in [1.165, 1.54) is 8.71 Å². The molecule has 7 nitrogen and oxygen atoms in total. The van der Waals surface area contributed by atoms with Crippen molar-refractivity contribution >= 4 is 27.3 Å². The molecular weight excluding hydrogens is 328 g/mol. The molecule has 0 spiro atoms. The molecule has 0 aromatic carbocycles. The van der Waals surface area contributed by atoms with Gasteiger partial charge < -0.3 is 10.1 Å².